The molecule has 3 rings (SSSR count). The highest BCUT2D eigenvalue weighted by molar-refractivity contribution is 7.18. The van der Waals surface area contributed by atoms with E-state index in [0.29, 0.717) is 0 Å². The third kappa shape index (κ3) is 2.61. The number of aromatic nitrogens is 1. The Morgan fingerprint density at radius 3 is 2.95 bits per heavy atom. The quantitative estimate of drug-likeness (QED) is 0.640. The molecule has 98 valence electrons. The number of ether oxygens (including phenoxy) is 1. The Balaban J connectivity index is 1.84. The standard InChI is InChI=1S/C14H12ClNOS2/c1-17-11-6-7-18-14(11)9(15)8-13-16-10-4-2-3-5-12(10)19-13/h2-7,9H,8H2,1H3. The summed E-state index contributed by atoms with van der Waals surface area (Å²) in [4.78, 5) is 5.69. The van der Waals surface area contributed by atoms with Gasteiger partial charge in [-0.05, 0) is 23.6 Å². The maximum absolute atomic E-state index is 6.49. The van der Waals surface area contributed by atoms with Crippen molar-refractivity contribution in [2.24, 2.45) is 0 Å². The first kappa shape index (κ1) is 12.9. The van der Waals surface area contributed by atoms with Gasteiger partial charge in [-0.3, -0.25) is 0 Å². The van der Waals surface area contributed by atoms with Crippen molar-refractivity contribution in [1.82, 2.24) is 4.98 Å². The molecular weight excluding hydrogens is 298 g/mol. The van der Waals surface area contributed by atoms with E-state index >= 15 is 0 Å². The summed E-state index contributed by atoms with van der Waals surface area (Å²) in [5, 5.41) is 2.98. The molecule has 0 saturated carbocycles. The maximum Gasteiger partial charge on any atom is 0.134 e. The first-order chi connectivity index (χ1) is 9.28. The summed E-state index contributed by atoms with van der Waals surface area (Å²) in [6, 6.07) is 10.1. The van der Waals surface area contributed by atoms with Gasteiger partial charge in [0.1, 0.15) is 5.75 Å². The van der Waals surface area contributed by atoms with E-state index in [0.717, 1.165) is 27.6 Å². The van der Waals surface area contributed by atoms with Crippen LogP contribution in [0.5, 0.6) is 5.75 Å². The second kappa shape index (κ2) is 5.49. The topological polar surface area (TPSA) is 22.1 Å². The number of thiazole rings is 1. The van der Waals surface area contributed by atoms with Crippen LogP contribution in [0.4, 0.5) is 0 Å². The number of para-hydroxylation sites is 1. The molecule has 0 fully saturated rings. The molecule has 1 atom stereocenters. The van der Waals surface area contributed by atoms with Crippen LogP contribution in [0.2, 0.25) is 0 Å². The largest absolute Gasteiger partial charge is 0.496 e. The van der Waals surface area contributed by atoms with E-state index in [-0.39, 0.29) is 5.38 Å². The highest BCUT2D eigenvalue weighted by atomic mass is 35.5. The zero-order chi connectivity index (χ0) is 13.2. The molecule has 0 aliphatic heterocycles. The molecule has 2 nitrogen and oxygen atoms in total. The van der Waals surface area contributed by atoms with Gasteiger partial charge in [0.2, 0.25) is 0 Å². The van der Waals surface area contributed by atoms with E-state index in [1.807, 2.05) is 29.6 Å². The number of nitrogens with zero attached hydrogens (tertiary/aromatic N) is 1. The molecule has 2 aromatic heterocycles. The van der Waals surface area contributed by atoms with Gasteiger partial charge in [-0.2, -0.15) is 0 Å². The molecule has 0 aliphatic rings. The minimum Gasteiger partial charge on any atom is -0.496 e. The van der Waals surface area contributed by atoms with Gasteiger partial charge in [0.25, 0.3) is 0 Å². The molecule has 1 unspecified atom stereocenters. The number of hydrogen-bond acceptors (Lipinski definition) is 4. The van der Waals surface area contributed by atoms with Gasteiger partial charge in [0.05, 0.1) is 32.6 Å². The van der Waals surface area contributed by atoms with Gasteiger partial charge < -0.3 is 4.74 Å². The van der Waals surface area contributed by atoms with Crippen LogP contribution >= 0.6 is 34.3 Å². The summed E-state index contributed by atoms with van der Waals surface area (Å²) in [5.74, 6) is 0.867. The lowest BCUT2D eigenvalue weighted by atomic mass is 10.2. The van der Waals surface area contributed by atoms with Crippen LogP contribution in [0.3, 0.4) is 0 Å². The van der Waals surface area contributed by atoms with E-state index in [4.69, 9.17) is 16.3 Å². The molecule has 0 bridgehead atoms. The lowest BCUT2D eigenvalue weighted by Gasteiger charge is -2.07. The fourth-order valence-electron chi connectivity index (χ4n) is 1.96. The molecule has 5 heteroatoms. The number of alkyl halides is 1. The number of benzene rings is 1. The lowest BCUT2D eigenvalue weighted by Crippen LogP contribution is -1.95. The number of fused-ring (bicyclic) bond motifs is 1. The highest BCUT2D eigenvalue weighted by Gasteiger charge is 2.17. The number of methoxy groups -OCH3 is 1. The normalized spacial score (nSPS) is 12.7. The average molecular weight is 310 g/mol. The zero-order valence-electron chi connectivity index (χ0n) is 10.3. The highest BCUT2D eigenvalue weighted by Crippen LogP contribution is 2.37. The molecule has 19 heavy (non-hydrogen) atoms. The minimum atomic E-state index is -0.0875. The Bertz CT molecular complexity index is 658. The van der Waals surface area contributed by atoms with Crippen LogP contribution in [0.25, 0.3) is 10.2 Å². The predicted octanol–water partition coefficient (Wildman–Crippen LogP) is 4.89. The number of rotatable bonds is 4. The molecule has 1 aromatic carbocycles. The van der Waals surface area contributed by atoms with E-state index in [9.17, 15) is 0 Å². The Hall–Kier alpha value is -1.10. The van der Waals surface area contributed by atoms with Crippen molar-refractivity contribution >= 4 is 44.5 Å². The van der Waals surface area contributed by atoms with Crippen molar-refractivity contribution in [3.8, 4) is 5.75 Å². The molecule has 0 saturated heterocycles. The summed E-state index contributed by atoms with van der Waals surface area (Å²) in [7, 11) is 1.67. The van der Waals surface area contributed by atoms with Crippen LogP contribution in [-0.4, -0.2) is 12.1 Å². The monoisotopic (exact) mass is 309 g/mol. The number of hydrogen-bond donors (Lipinski definition) is 0. The van der Waals surface area contributed by atoms with Crippen molar-refractivity contribution in [2.75, 3.05) is 7.11 Å². The van der Waals surface area contributed by atoms with Crippen molar-refractivity contribution < 1.29 is 4.74 Å². The summed E-state index contributed by atoms with van der Waals surface area (Å²) in [5.41, 5.74) is 1.05. The van der Waals surface area contributed by atoms with Crippen molar-refractivity contribution in [3.05, 3.63) is 45.6 Å². The molecule has 2 heterocycles. The summed E-state index contributed by atoms with van der Waals surface area (Å²) in [6.07, 6.45) is 0.734. The molecule has 0 spiro atoms. The molecule has 3 aromatic rings. The van der Waals surface area contributed by atoms with Gasteiger partial charge in [0, 0.05) is 6.42 Å². The van der Waals surface area contributed by atoms with Gasteiger partial charge in [-0.25, -0.2) is 4.98 Å². The predicted molar refractivity (Wildman–Crippen MR) is 82.8 cm³/mol. The summed E-state index contributed by atoms with van der Waals surface area (Å²) in [6.45, 7) is 0. The summed E-state index contributed by atoms with van der Waals surface area (Å²) >= 11 is 9.82. The van der Waals surface area contributed by atoms with Crippen LogP contribution < -0.4 is 4.74 Å². The maximum atomic E-state index is 6.49. The fourth-order valence-corrected chi connectivity index (χ4v) is 4.31. The third-order valence-electron chi connectivity index (χ3n) is 2.85. The van der Waals surface area contributed by atoms with E-state index < -0.39 is 0 Å². The molecule has 0 N–H and O–H groups in total. The Morgan fingerprint density at radius 2 is 2.16 bits per heavy atom. The lowest BCUT2D eigenvalue weighted by molar-refractivity contribution is 0.412. The fraction of sp³-hybridized carbons (Fsp3) is 0.214. The van der Waals surface area contributed by atoms with Crippen molar-refractivity contribution in [2.45, 2.75) is 11.8 Å². The Labute approximate surface area is 124 Å². The first-order valence-electron chi connectivity index (χ1n) is 5.88. The van der Waals surface area contributed by atoms with Gasteiger partial charge in [-0.15, -0.1) is 34.3 Å². The van der Waals surface area contributed by atoms with Gasteiger partial charge in [0.15, 0.2) is 0 Å². The van der Waals surface area contributed by atoms with Crippen LogP contribution in [0.15, 0.2) is 35.7 Å². The van der Waals surface area contributed by atoms with Gasteiger partial charge in [-0.1, -0.05) is 12.1 Å². The second-order valence-corrected chi connectivity index (χ2v) is 6.69. The number of halogens is 1. The van der Waals surface area contributed by atoms with Crippen molar-refractivity contribution in [1.29, 1.82) is 0 Å². The van der Waals surface area contributed by atoms with E-state index in [2.05, 4.69) is 11.1 Å². The van der Waals surface area contributed by atoms with Crippen LogP contribution in [0, 0.1) is 0 Å². The minimum absolute atomic E-state index is 0.0875. The Morgan fingerprint density at radius 1 is 1.32 bits per heavy atom. The first-order valence-corrected chi connectivity index (χ1v) is 8.01. The smallest absolute Gasteiger partial charge is 0.134 e. The van der Waals surface area contributed by atoms with E-state index in [1.54, 1.807) is 29.8 Å². The van der Waals surface area contributed by atoms with Crippen molar-refractivity contribution in [3.63, 3.8) is 0 Å². The SMILES string of the molecule is COc1ccsc1C(Cl)Cc1nc2ccccc2s1. The van der Waals surface area contributed by atoms with Crippen LogP contribution in [0.1, 0.15) is 15.3 Å². The average Bonchev–Trinajstić information content (AvgIpc) is 3.03. The molecule has 0 amide bonds. The zero-order valence-corrected chi connectivity index (χ0v) is 12.7. The Kier molecular flexibility index (Phi) is 3.73. The van der Waals surface area contributed by atoms with E-state index in [1.165, 1.54) is 4.70 Å². The van der Waals surface area contributed by atoms with Crippen LogP contribution in [-0.2, 0) is 6.42 Å². The second-order valence-electron chi connectivity index (χ2n) is 4.10. The van der Waals surface area contributed by atoms with Gasteiger partial charge >= 0.3 is 0 Å². The molecule has 0 aliphatic carbocycles. The number of thiophene rings is 1. The summed E-state index contributed by atoms with van der Waals surface area (Å²) < 4.78 is 6.52. The third-order valence-corrected chi connectivity index (χ3v) is 5.43. The molecular formula is C14H12ClNOS2. The molecule has 0 radical (unpaired) electrons.